The molecule has 0 aromatic heterocycles. The number of nitrogens with one attached hydrogen (secondary N) is 1. The lowest BCUT2D eigenvalue weighted by Crippen LogP contribution is -2.27. The molecule has 0 heterocycles. The summed E-state index contributed by atoms with van der Waals surface area (Å²) in [4.78, 5) is 23.2. The Hall–Kier alpha value is -3.10. The summed E-state index contributed by atoms with van der Waals surface area (Å²) in [7, 11) is 1.35. The number of esters is 1. The third-order valence-corrected chi connectivity index (χ3v) is 6.99. The fourth-order valence-electron chi connectivity index (χ4n) is 4.69. The Labute approximate surface area is 271 Å². The van der Waals surface area contributed by atoms with Crippen molar-refractivity contribution in [1.82, 2.24) is 5.32 Å². The summed E-state index contributed by atoms with van der Waals surface area (Å²) >= 11 is 0. The van der Waals surface area contributed by atoms with Crippen LogP contribution in [0.15, 0.2) is 48.5 Å². The minimum Gasteiger partial charge on any atom is -0.469 e. The number of ether oxygens (including phenoxy) is 9. The first-order valence-corrected chi connectivity index (χ1v) is 15.9. The van der Waals surface area contributed by atoms with Crippen LogP contribution in [-0.2, 0) is 47.4 Å². The van der Waals surface area contributed by atoms with E-state index in [4.69, 9.17) is 37.9 Å². The standard InChI is InChI=1S/C34H49NO11/c1-38-33(36)11-14-40-16-18-42-20-22-44-24-26-45-25-23-43-21-19-41-17-15-39-13-6-12-35-34(37)46-27-32-30-9-4-2-7-28(30)29-8-3-5-10-31(29)32/h2-5,7-10,32H,6,11-27H2,1H3,(H,35,37). The third kappa shape index (κ3) is 15.0. The molecule has 0 radical (unpaired) electrons. The number of alkyl carbamates (subject to hydrolysis) is 1. The van der Waals surface area contributed by atoms with Gasteiger partial charge in [0.05, 0.1) is 99.4 Å². The molecule has 0 fully saturated rings. The first-order valence-electron chi connectivity index (χ1n) is 15.9. The predicted octanol–water partition coefficient (Wildman–Crippen LogP) is 3.59. The van der Waals surface area contributed by atoms with Crippen molar-refractivity contribution < 1.29 is 52.2 Å². The average Bonchev–Trinajstić information content (AvgIpc) is 3.40. The molecule has 0 bridgehead atoms. The molecule has 256 valence electrons. The third-order valence-electron chi connectivity index (χ3n) is 6.99. The lowest BCUT2D eigenvalue weighted by molar-refractivity contribution is -0.141. The van der Waals surface area contributed by atoms with E-state index < -0.39 is 6.09 Å². The maximum absolute atomic E-state index is 12.2. The van der Waals surface area contributed by atoms with Gasteiger partial charge in [-0.05, 0) is 28.7 Å². The van der Waals surface area contributed by atoms with Crippen LogP contribution < -0.4 is 5.32 Å². The van der Waals surface area contributed by atoms with E-state index in [1.54, 1.807) is 0 Å². The van der Waals surface area contributed by atoms with Crippen molar-refractivity contribution in [1.29, 1.82) is 0 Å². The minimum absolute atomic E-state index is 0.0497. The molecule has 0 saturated heterocycles. The Morgan fingerprint density at radius 1 is 0.587 bits per heavy atom. The van der Waals surface area contributed by atoms with Gasteiger partial charge in [0, 0.05) is 19.1 Å². The fourth-order valence-corrected chi connectivity index (χ4v) is 4.69. The van der Waals surface area contributed by atoms with E-state index >= 15 is 0 Å². The molecule has 1 aliphatic rings. The highest BCUT2D eigenvalue weighted by atomic mass is 16.6. The summed E-state index contributed by atoms with van der Waals surface area (Å²) in [5.41, 5.74) is 4.80. The number of hydrogen-bond acceptors (Lipinski definition) is 11. The number of carbonyl (C=O) groups is 2. The Morgan fingerprint density at radius 3 is 1.46 bits per heavy atom. The summed E-state index contributed by atoms with van der Waals surface area (Å²) in [5.74, 6) is -0.239. The molecule has 12 heteroatoms. The predicted molar refractivity (Wildman–Crippen MR) is 170 cm³/mol. The lowest BCUT2D eigenvalue weighted by Gasteiger charge is -2.14. The molecule has 0 spiro atoms. The molecular weight excluding hydrogens is 598 g/mol. The van der Waals surface area contributed by atoms with Crippen LogP contribution in [0.4, 0.5) is 4.79 Å². The van der Waals surface area contributed by atoms with E-state index in [2.05, 4.69) is 34.3 Å². The molecule has 0 saturated carbocycles. The average molecular weight is 648 g/mol. The number of fused-ring (bicyclic) bond motifs is 3. The number of amides is 1. The van der Waals surface area contributed by atoms with Crippen LogP contribution in [0.5, 0.6) is 0 Å². The summed E-state index contributed by atoms with van der Waals surface area (Å²) in [5, 5.41) is 2.80. The van der Waals surface area contributed by atoms with Gasteiger partial charge < -0.3 is 47.9 Å². The second-order valence-electron chi connectivity index (χ2n) is 10.2. The Balaban J connectivity index is 1.01. The largest absolute Gasteiger partial charge is 0.469 e. The lowest BCUT2D eigenvalue weighted by atomic mass is 9.98. The van der Waals surface area contributed by atoms with Gasteiger partial charge in [0.1, 0.15) is 6.61 Å². The number of hydrogen-bond donors (Lipinski definition) is 1. The van der Waals surface area contributed by atoms with Gasteiger partial charge in [-0.1, -0.05) is 48.5 Å². The maximum Gasteiger partial charge on any atom is 0.407 e. The highest BCUT2D eigenvalue weighted by Crippen LogP contribution is 2.44. The zero-order valence-corrected chi connectivity index (χ0v) is 26.9. The van der Waals surface area contributed by atoms with Crippen LogP contribution in [0, 0.1) is 0 Å². The molecule has 12 nitrogen and oxygen atoms in total. The zero-order valence-electron chi connectivity index (χ0n) is 26.9. The van der Waals surface area contributed by atoms with E-state index in [0.29, 0.717) is 112 Å². The first kappa shape index (κ1) is 37.4. The fraction of sp³-hybridized carbons (Fsp3) is 0.588. The molecule has 2 aromatic carbocycles. The molecular formula is C34H49NO11. The topological polar surface area (TPSA) is 129 Å². The van der Waals surface area contributed by atoms with E-state index in [9.17, 15) is 9.59 Å². The number of rotatable bonds is 27. The Kier molecular flexibility index (Phi) is 19.6. The summed E-state index contributed by atoms with van der Waals surface area (Å²) < 4.78 is 48.1. The van der Waals surface area contributed by atoms with Gasteiger partial charge in [-0.15, -0.1) is 0 Å². The number of methoxy groups -OCH3 is 1. The molecule has 1 N–H and O–H groups in total. The SMILES string of the molecule is COC(=O)CCOCCOCCOCCOCCOCCOCCOCCCNC(=O)OCC1c2ccccc2-c2ccccc21. The van der Waals surface area contributed by atoms with Gasteiger partial charge in [-0.25, -0.2) is 4.79 Å². The Bertz CT molecular complexity index is 1070. The maximum atomic E-state index is 12.2. The monoisotopic (exact) mass is 647 g/mol. The molecule has 1 amide bonds. The van der Waals surface area contributed by atoms with Crippen molar-refractivity contribution in [2.24, 2.45) is 0 Å². The van der Waals surface area contributed by atoms with Crippen LogP contribution in [0.2, 0.25) is 0 Å². The zero-order chi connectivity index (χ0) is 32.5. The van der Waals surface area contributed by atoms with E-state index in [1.807, 2.05) is 24.3 Å². The van der Waals surface area contributed by atoms with Crippen LogP contribution >= 0.6 is 0 Å². The van der Waals surface area contributed by atoms with Crippen LogP contribution in [-0.4, -0.2) is 125 Å². The van der Waals surface area contributed by atoms with E-state index in [0.717, 1.165) is 0 Å². The molecule has 1 aliphatic carbocycles. The molecule has 0 atom stereocenters. The summed E-state index contributed by atoms with van der Waals surface area (Å²) in [6.07, 6.45) is 0.507. The highest BCUT2D eigenvalue weighted by Gasteiger charge is 2.28. The molecule has 2 aromatic rings. The molecule has 46 heavy (non-hydrogen) atoms. The molecule has 0 aliphatic heterocycles. The minimum atomic E-state index is -0.417. The van der Waals surface area contributed by atoms with Gasteiger partial charge in [0.15, 0.2) is 0 Å². The smallest absolute Gasteiger partial charge is 0.407 e. The van der Waals surface area contributed by atoms with E-state index in [-0.39, 0.29) is 18.3 Å². The Morgan fingerprint density at radius 2 is 1.00 bits per heavy atom. The van der Waals surface area contributed by atoms with E-state index in [1.165, 1.54) is 29.4 Å². The molecule has 0 unspecified atom stereocenters. The summed E-state index contributed by atoms with van der Waals surface area (Å²) in [6, 6.07) is 16.5. The highest BCUT2D eigenvalue weighted by molar-refractivity contribution is 5.79. The van der Waals surface area contributed by atoms with Gasteiger partial charge >= 0.3 is 12.1 Å². The van der Waals surface area contributed by atoms with Crippen molar-refractivity contribution in [3.63, 3.8) is 0 Å². The van der Waals surface area contributed by atoms with Gasteiger partial charge in [0.2, 0.25) is 0 Å². The first-order chi connectivity index (χ1) is 22.7. The molecule has 3 rings (SSSR count). The summed E-state index contributed by atoms with van der Waals surface area (Å²) in [6.45, 7) is 7.27. The van der Waals surface area contributed by atoms with Crippen molar-refractivity contribution >= 4 is 12.1 Å². The second-order valence-corrected chi connectivity index (χ2v) is 10.2. The van der Waals surface area contributed by atoms with Crippen molar-refractivity contribution in [2.75, 3.05) is 113 Å². The quantitative estimate of drug-likeness (QED) is 0.113. The van der Waals surface area contributed by atoms with Gasteiger partial charge in [-0.2, -0.15) is 0 Å². The van der Waals surface area contributed by atoms with Crippen LogP contribution in [0.25, 0.3) is 11.1 Å². The van der Waals surface area contributed by atoms with Crippen molar-refractivity contribution in [3.8, 4) is 11.1 Å². The second kappa shape index (κ2) is 24.1. The van der Waals surface area contributed by atoms with Crippen molar-refractivity contribution in [3.05, 3.63) is 59.7 Å². The normalized spacial score (nSPS) is 12.1. The number of benzene rings is 2. The van der Waals surface area contributed by atoms with Crippen molar-refractivity contribution in [2.45, 2.75) is 18.8 Å². The van der Waals surface area contributed by atoms with Crippen LogP contribution in [0.1, 0.15) is 29.9 Å². The number of carbonyl (C=O) groups excluding carboxylic acids is 2. The van der Waals surface area contributed by atoms with Crippen LogP contribution in [0.3, 0.4) is 0 Å². The van der Waals surface area contributed by atoms with Gasteiger partial charge in [-0.3, -0.25) is 4.79 Å². The van der Waals surface area contributed by atoms with Gasteiger partial charge in [0.25, 0.3) is 0 Å².